The molecule has 1 aliphatic rings. The summed E-state index contributed by atoms with van der Waals surface area (Å²) in [5, 5.41) is 2.76. The van der Waals surface area contributed by atoms with Crippen LogP contribution in [0.1, 0.15) is 12.0 Å². The number of ether oxygens (including phenoxy) is 3. The van der Waals surface area contributed by atoms with E-state index in [1.807, 2.05) is 6.07 Å². The number of anilines is 2. The van der Waals surface area contributed by atoms with Gasteiger partial charge in [-0.25, -0.2) is 14.1 Å². The summed E-state index contributed by atoms with van der Waals surface area (Å²) in [6.45, 7) is 0.165. The van der Waals surface area contributed by atoms with Crippen LogP contribution in [0.15, 0.2) is 66.7 Å². The minimum atomic E-state index is -1.04. The first kappa shape index (κ1) is 26.5. The molecule has 3 aromatic rings. The van der Waals surface area contributed by atoms with Crippen LogP contribution < -0.4 is 24.4 Å². The van der Waals surface area contributed by atoms with E-state index in [1.165, 1.54) is 43.4 Å². The van der Waals surface area contributed by atoms with Gasteiger partial charge in [-0.3, -0.25) is 9.59 Å². The Labute approximate surface area is 219 Å². The first-order chi connectivity index (χ1) is 18.3. The number of nitrogens with zero attached hydrogens (tertiary/aromatic N) is 2. The molecular formula is C28H28FN3O6. The molecule has 1 N–H and O–H groups in total. The number of methoxy groups -OCH3 is 3. The highest BCUT2D eigenvalue weighted by atomic mass is 19.1. The van der Waals surface area contributed by atoms with Crippen LogP contribution >= 0.6 is 0 Å². The van der Waals surface area contributed by atoms with Crippen molar-refractivity contribution in [3.63, 3.8) is 0 Å². The van der Waals surface area contributed by atoms with Gasteiger partial charge >= 0.3 is 6.03 Å². The minimum Gasteiger partial charge on any atom is -0.497 e. The van der Waals surface area contributed by atoms with Gasteiger partial charge in [0.25, 0.3) is 5.91 Å². The fourth-order valence-electron chi connectivity index (χ4n) is 4.26. The lowest BCUT2D eigenvalue weighted by Gasteiger charge is -2.22. The summed E-state index contributed by atoms with van der Waals surface area (Å²) < 4.78 is 29.3. The van der Waals surface area contributed by atoms with E-state index in [0.717, 1.165) is 10.5 Å². The molecule has 4 amide bonds. The largest absolute Gasteiger partial charge is 0.497 e. The van der Waals surface area contributed by atoms with E-state index in [1.54, 1.807) is 43.5 Å². The molecule has 0 aromatic heterocycles. The van der Waals surface area contributed by atoms with Gasteiger partial charge in [-0.2, -0.15) is 0 Å². The number of carbonyl (C=O) groups is 3. The van der Waals surface area contributed by atoms with Gasteiger partial charge in [-0.1, -0.05) is 6.07 Å². The predicted octanol–water partition coefficient (Wildman–Crippen LogP) is 4.26. The average molecular weight is 522 g/mol. The molecule has 1 saturated heterocycles. The molecule has 9 nitrogen and oxygen atoms in total. The predicted molar refractivity (Wildman–Crippen MR) is 139 cm³/mol. The van der Waals surface area contributed by atoms with Gasteiger partial charge in [0.2, 0.25) is 5.91 Å². The topological polar surface area (TPSA) is 97.4 Å². The van der Waals surface area contributed by atoms with Crippen LogP contribution in [-0.2, 0) is 16.0 Å². The van der Waals surface area contributed by atoms with Crippen molar-refractivity contribution in [1.29, 1.82) is 0 Å². The second kappa shape index (κ2) is 11.6. The Morgan fingerprint density at radius 2 is 1.58 bits per heavy atom. The molecule has 1 fully saturated rings. The zero-order chi connectivity index (χ0) is 27.2. The normalized spacial score (nSPS) is 15.0. The molecule has 1 aliphatic heterocycles. The number of rotatable bonds is 10. The minimum absolute atomic E-state index is 0.165. The number of amides is 4. The van der Waals surface area contributed by atoms with Crippen LogP contribution in [-0.4, -0.2) is 56.7 Å². The Morgan fingerprint density at radius 1 is 0.895 bits per heavy atom. The molecule has 198 valence electrons. The van der Waals surface area contributed by atoms with Crippen molar-refractivity contribution in [2.75, 3.05) is 38.1 Å². The van der Waals surface area contributed by atoms with Gasteiger partial charge in [0.15, 0.2) is 11.5 Å². The molecule has 0 saturated carbocycles. The van der Waals surface area contributed by atoms with E-state index < -0.39 is 29.7 Å². The zero-order valence-corrected chi connectivity index (χ0v) is 21.3. The number of imide groups is 1. The Kier molecular flexibility index (Phi) is 8.10. The van der Waals surface area contributed by atoms with Crippen LogP contribution in [0.3, 0.4) is 0 Å². The molecule has 1 heterocycles. The number of urea groups is 1. The highest BCUT2D eigenvalue weighted by molar-refractivity contribution is 6.22. The number of hydrogen-bond acceptors (Lipinski definition) is 6. The Bertz CT molecular complexity index is 1310. The zero-order valence-electron chi connectivity index (χ0n) is 21.3. The van der Waals surface area contributed by atoms with Crippen LogP contribution in [0, 0.1) is 5.82 Å². The van der Waals surface area contributed by atoms with Crippen molar-refractivity contribution in [2.24, 2.45) is 0 Å². The molecule has 0 aliphatic carbocycles. The van der Waals surface area contributed by atoms with Crippen LogP contribution in [0.5, 0.6) is 17.2 Å². The summed E-state index contributed by atoms with van der Waals surface area (Å²) in [4.78, 5) is 42.1. The monoisotopic (exact) mass is 521 g/mol. The second-order valence-corrected chi connectivity index (χ2v) is 8.56. The van der Waals surface area contributed by atoms with Gasteiger partial charge in [-0.15, -0.1) is 0 Å². The first-order valence-electron chi connectivity index (χ1n) is 11.9. The van der Waals surface area contributed by atoms with Crippen molar-refractivity contribution in [3.8, 4) is 17.2 Å². The van der Waals surface area contributed by atoms with Crippen LogP contribution in [0.25, 0.3) is 0 Å². The fourth-order valence-corrected chi connectivity index (χ4v) is 4.26. The molecule has 10 heteroatoms. The summed E-state index contributed by atoms with van der Waals surface area (Å²) in [6.07, 6.45) is 0.146. The summed E-state index contributed by atoms with van der Waals surface area (Å²) in [5.41, 5.74) is 1.61. The smallest absolute Gasteiger partial charge is 0.332 e. The number of carbonyl (C=O) groups excluding carboxylic acids is 3. The number of halogens is 1. The van der Waals surface area contributed by atoms with Gasteiger partial charge in [0, 0.05) is 12.2 Å². The fraction of sp³-hybridized carbons (Fsp3) is 0.250. The molecule has 3 aromatic carbocycles. The highest BCUT2D eigenvalue weighted by Crippen LogP contribution is 2.30. The summed E-state index contributed by atoms with van der Waals surface area (Å²) in [5.74, 6) is 0.262. The molecule has 38 heavy (non-hydrogen) atoms. The quantitative estimate of drug-likeness (QED) is 0.401. The highest BCUT2D eigenvalue weighted by Gasteiger charge is 2.46. The SMILES string of the molecule is COc1ccc(NC(=O)CC2C(=O)N(c3ccc(F)cc3)C(=O)N2CCc2ccc(OC)c(OC)c2)cc1. The number of benzene rings is 3. The van der Waals surface area contributed by atoms with E-state index in [4.69, 9.17) is 14.2 Å². The lowest BCUT2D eigenvalue weighted by molar-refractivity contribution is -0.124. The maximum absolute atomic E-state index is 13.5. The van der Waals surface area contributed by atoms with E-state index in [2.05, 4.69) is 5.32 Å². The van der Waals surface area contributed by atoms with Crippen molar-refractivity contribution < 1.29 is 33.0 Å². The summed E-state index contributed by atoms with van der Waals surface area (Å²) >= 11 is 0. The second-order valence-electron chi connectivity index (χ2n) is 8.56. The lowest BCUT2D eigenvalue weighted by Crippen LogP contribution is -2.39. The van der Waals surface area contributed by atoms with E-state index >= 15 is 0 Å². The van der Waals surface area contributed by atoms with Crippen molar-refractivity contribution >= 4 is 29.2 Å². The van der Waals surface area contributed by atoms with E-state index in [9.17, 15) is 18.8 Å². The molecule has 0 radical (unpaired) electrons. The maximum atomic E-state index is 13.5. The number of nitrogens with one attached hydrogen (secondary N) is 1. The maximum Gasteiger partial charge on any atom is 0.332 e. The molecule has 0 spiro atoms. The molecular weight excluding hydrogens is 493 g/mol. The summed E-state index contributed by atoms with van der Waals surface area (Å²) in [6, 6.07) is 15.6. The van der Waals surface area contributed by atoms with Gasteiger partial charge in [0.05, 0.1) is 33.4 Å². The third-order valence-electron chi connectivity index (χ3n) is 6.25. The molecule has 1 atom stereocenters. The van der Waals surface area contributed by atoms with Crippen molar-refractivity contribution in [1.82, 2.24) is 4.90 Å². The molecule has 4 rings (SSSR count). The summed E-state index contributed by atoms with van der Waals surface area (Å²) in [7, 11) is 4.61. The number of hydrogen-bond donors (Lipinski definition) is 1. The van der Waals surface area contributed by atoms with Crippen LogP contribution in [0.4, 0.5) is 20.6 Å². The molecule has 1 unspecified atom stereocenters. The van der Waals surface area contributed by atoms with E-state index in [-0.39, 0.29) is 18.7 Å². The van der Waals surface area contributed by atoms with Gasteiger partial charge in [0.1, 0.15) is 17.6 Å². The van der Waals surface area contributed by atoms with Crippen molar-refractivity contribution in [2.45, 2.75) is 18.9 Å². The Morgan fingerprint density at radius 3 is 2.21 bits per heavy atom. The van der Waals surface area contributed by atoms with Crippen molar-refractivity contribution in [3.05, 3.63) is 78.1 Å². The van der Waals surface area contributed by atoms with E-state index in [0.29, 0.717) is 29.4 Å². The Hall–Kier alpha value is -4.60. The third-order valence-corrected chi connectivity index (χ3v) is 6.25. The van der Waals surface area contributed by atoms with Gasteiger partial charge in [-0.05, 0) is 72.6 Å². The average Bonchev–Trinajstić information content (AvgIpc) is 3.16. The standard InChI is InChI=1S/C28H28FN3O6/c1-36-22-11-7-20(8-12-22)30-26(33)17-23-27(34)32(21-9-5-19(29)6-10-21)28(35)31(23)15-14-18-4-13-24(37-2)25(16-18)38-3/h4-13,16,23H,14-15,17H2,1-3H3,(H,30,33). The Balaban J connectivity index is 1.55. The van der Waals surface area contributed by atoms with Crippen LogP contribution in [0.2, 0.25) is 0 Å². The molecule has 0 bridgehead atoms. The first-order valence-corrected chi connectivity index (χ1v) is 11.9. The lowest BCUT2D eigenvalue weighted by atomic mass is 10.1. The van der Waals surface area contributed by atoms with Gasteiger partial charge < -0.3 is 24.4 Å². The third kappa shape index (κ3) is 5.69.